The predicted octanol–water partition coefficient (Wildman–Crippen LogP) is 2.42. The number of carbonyl (C=O) groups excluding carboxylic acids is 1. The van der Waals surface area contributed by atoms with Crippen LogP contribution in [0.1, 0.15) is 40.5 Å². The quantitative estimate of drug-likeness (QED) is 0.371. The monoisotopic (exact) mass is 448 g/mol. The normalized spacial score (nSPS) is 37.7. The average molecular weight is 449 g/mol. The summed E-state index contributed by atoms with van der Waals surface area (Å²) in [4.78, 5) is 19.5. The topological polar surface area (TPSA) is 91.3 Å². The maximum Gasteiger partial charge on any atom is 0.240 e. The van der Waals surface area contributed by atoms with Gasteiger partial charge in [0.2, 0.25) is 5.91 Å². The van der Waals surface area contributed by atoms with Crippen LogP contribution in [0.15, 0.2) is 36.6 Å². The lowest BCUT2D eigenvalue weighted by molar-refractivity contribution is -0.173. The van der Waals surface area contributed by atoms with Crippen LogP contribution in [0, 0.1) is 29.1 Å². The highest BCUT2D eigenvalue weighted by Gasteiger charge is 2.57. The van der Waals surface area contributed by atoms with Gasteiger partial charge in [-0.3, -0.25) is 9.63 Å². The number of nitrogens with zero attached hydrogens (tertiary/aromatic N) is 1. The Bertz CT molecular complexity index is 761. The number of amides is 1. The minimum absolute atomic E-state index is 0.0982. The fourth-order valence-corrected chi connectivity index (χ4v) is 6.24. The van der Waals surface area contributed by atoms with Crippen molar-refractivity contribution in [2.75, 3.05) is 20.3 Å². The van der Waals surface area contributed by atoms with Crippen molar-refractivity contribution in [1.29, 1.82) is 0 Å². The third-order valence-corrected chi connectivity index (χ3v) is 8.36. The van der Waals surface area contributed by atoms with Gasteiger partial charge in [0.25, 0.3) is 0 Å². The predicted molar refractivity (Wildman–Crippen MR) is 123 cm³/mol. The van der Waals surface area contributed by atoms with Gasteiger partial charge >= 0.3 is 0 Å². The molecule has 3 saturated carbocycles. The second kappa shape index (κ2) is 9.67. The molecule has 180 valence electrons. The summed E-state index contributed by atoms with van der Waals surface area (Å²) >= 11 is 0. The van der Waals surface area contributed by atoms with Gasteiger partial charge in [-0.2, -0.15) is 5.06 Å². The van der Waals surface area contributed by atoms with Gasteiger partial charge in [-0.05, 0) is 49.0 Å². The lowest BCUT2D eigenvalue weighted by Crippen LogP contribution is -2.62. The summed E-state index contributed by atoms with van der Waals surface area (Å²) in [5.41, 5.74) is 1.04. The molecule has 7 heteroatoms. The van der Waals surface area contributed by atoms with Gasteiger partial charge in [-0.15, -0.1) is 0 Å². The van der Waals surface area contributed by atoms with Crippen molar-refractivity contribution < 1.29 is 24.6 Å². The zero-order chi connectivity index (χ0) is 23.8. The van der Waals surface area contributed by atoms with Crippen molar-refractivity contribution in [3.8, 4) is 0 Å². The summed E-state index contributed by atoms with van der Waals surface area (Å²) in [6, 6.07) is -0.649. The molecule has 3 N–H and O–H groups in total. The molecule has 2 bridgehead atoms. The SMILES string of the molecule is C=CC(CN1O[C@@H](CO)[C@H]([C@H](C)O)[C@H]1C(=O)N[C@H]1C[C@H]2C[C@@H]([C@@H]1C)C2(C)C)=C(C=C)OC. The van der Waals surface area contributed by atoms with E-state index in [1.165, 1.54) is 6.42 Å². The lowest BCUT2D eigenvalue weighted by Gasteiger charge is -2.62. The van der Waals surface area contributed by atoms with E-state index in [4.69, 9.17) is 9.57 Å². The molecule has 0 unspecified atom stereocenters. The third kappa shape index (κ3) is 4.28. The van der Waals surface area contributed by atoms with Gasteiger partial charge in [-0.1, -0.05) is 40.0 Å². The van der Waals surface area contributed by atoms with E-state index in [1.807, 2.05) is 0 Å². The molecule has 4 aliphatic rings. The summed E-state index contributed by atoms with van der Waals surface area (Å²) in [7, 11) is 1.54. The average Bonchev–Trinajstić information content (AvgIpc) is 3.13. The zero-order valence-electron chi connectivity index (χ0n) is 20.1. The van der Waals surface area contributed by atoms with Crippen molar-refractivity contribution in [1.82, 2.24) is 10.4 Å². The molecule has 1 aliphatic heterocycles. The molecule has 8 atom stereocenters. The highest BCUT2D eigenvalue weighted by molar-refractivity contribution is 5.83. The number of aliphatic hydroxyl groups excluding tert-OH is 2. The molecule has 1 amide bonds. The Labute approximate surface area is 192 Å². The molecule has 0 spiro atoms. The van der Waals surface area contributed by atoms with E-state index >= 15 is 0 Å². The maximum atomic E-state index is 13.6. The van der Waals surface area contributed by atoms with Crippen LogP contribution >= 0.6 is 0 Å². The van der Waals surface area contributed by atoms with E-state index in [2.05, 4.69) is 39.2 Å². The van der Waals surface area contributed by atoms with Crippen LogP contribution in [0.4, 0.5) is 0 Å². The number of hydrogen-bond acceptors (Lipinski definition) is 6. The standard InChI is InChI=1S/C25H40N2O5/c1-8-16(20(9-2)31-7)12-27-23(22(15(4)29)21(13-28)32-27)24(30)26-19-11-17-10-18(14(19)3)25(17,5)6/h8-9,14-15,17-19,21-23,28-29H,1-2,10-13H2,3-7H3,(H,26,30)/t14-,15-,17+,18-,19-,21-,22-,23-/m0/s1. The molecule has 0 aromatic carbocycles. The summed E-state index contributed by atoms with van der Waals surface area (Å²) in [5.74, 6) is 1.40. The summed E-state index contributed by atoms with van der Waals surface area (Å²) in [6.45, 7) is 16.1. The molecule has 4 rings (SSSR count). The molecule has 0 aromatic heterocycles. The molecular weight excluding hydrogens is 408 g/mol. The van der Waals surface area contributed by atoms with Crippen molar-refractivity contribution in [2.45, 2.75) is 64.8 Å². The number of hydrogen-bond donors (Lipinski definition) is 3. The van der Waals surface area contributed by atoms with E-state index in [9.17, 15) is 15.0 Å². The first kappa shape index (κ1) is 25.0. The molecule has 1 heterocycles. The first-order valence-corrected chi connectivity index (χ1v) is 11.6. The second-order valence-corrected chi connectivity index (χ2v) is 10.2. The largest absolute Gasteiger partial charge is 0.496 e. The molecular formula is C25H40N2O5. The number of methoxy groups -OCH3 is 1. The molecule has 4 fully saturated rings. The summed E-state index contributed by atoms with van der Waals surface area (Å²) in [5, 5.41) is 25.2. The number of rotatable bonds is 9. The number of fused-ring (bicyclic) bond motifs is 2. The van der Waals surface area contributed by atoms with Crippen molar-refractivity contribution >= 4 is 5.91 Å². The van der Waals surface area contributed by atoms with Gasteiger partial charge in [0.05, 0.1) is 26.4 Å². The van der Waals surface area contributed by atoms with Crippen LogP contribution in [-0.2, 0) is 14.4 Å². The molecule has 0 radical (unpaired) electrons. The Morgan fingerprint density at radius 1 is 1.34 bits per heavy atom. The van der Waals surface area contributed by atoms with Crippen LogP contribution in [0.5, 0.6) is 0 Å². The first-order valence-electron chi connectivity index (χ1n) is 11.6. The maximum absolute atomic E-state index is 13.6. The first-order chi connectivity index (χ1) is 15.1. The van der Waals surface area contributed by atoms with E-state index in [1.54, 1.807) is 31.2 Å². The highest BCUT2D eigenvalue weighted by atomic mass is 16.7. The lowest BCUT2D eigenvalue weighted by atomic mass is 9.45. The highest BCUT2D eigenvalue weighted by Crippen LogP contribution is 2.61. The van der Waals surface area contributed by atoms with Crippen LogP contribution < -0.4 is 5.32 Å². The Kier molecular flexibility index (Phi) is 7.55. The van der Waals surface area contributed by atoms with Crippen molar-refractivity contribution in [2.24, 2.45) is 29.1 Å². The fourth-order valence-electron chi connectivity index (χ4n) is 6.24. The smallest absolute Gasteiger partial charge is 0.240 e. The van der Waals surface area contributed by atoms with Crippen LogP contribution in [-0.4, -0.2) is 65.7 Å². The number of hydroxylamine groups is 2. The van der Waals surface area contributed by atoms with E-state index < -0.39 is 24.2 Å². The Hall–Kier alpha value is -1.67. The Balaban J connectivity index is 1.83. The van der Waals surface area contributed by atoms with E-state index in [-0.39, 0.29) is 25.1 Å². The van der Waals surface area contributed by atoms with Crippen molar-refractivity contribution in [3.05, 3.63) is 36.6 Å². The van der Waals surface area contributed by atoms with E-state index in [0.29, 0.717) is 34.5 Å². The number of nitrogens with one attached hydrogen (secondary N) is 1. The number of aliphatic hydroxyl groups is 2. The number of allylic oxidation sites excluding steroid dienone is 1. The molecule has 3 aliphatic carbocycles. The minimum atomic E-state index is -0.832. The fraction of sp³-hybridized carbons (Fsp3) is 0.720. The molecule has 1 saturated heterocycles. The zero-order valence-corrected chi connectivity index (χ0v) is 20.1. The van der Waals surface area contributed by atoms with Gasteiger partial charge in [-0.25, -0.2) is 0 Å². The van der Waals surface area contributed by atoms with Gasteiger partial charge in [0.1, 0.15) is 17.9 Å². The van der Waals surface area contributed by atoms with Crippen LogP contribution in [0.25, 0.3) is 0 Å². The van der Waals surface area contributed by atoms with Crippen LogP contribution in [0.3, 0.4) is 0 Å². The third-order valence-electron chi connectivity index (χ3n) is 8.36. The van der Waals surface area contributed by atoms with E-state index in [0.717, 1.165) is 6.42 Å². The summed E-state index contributed by atoms with van der Waals surface area (Å²) in [6.07, 6.45) is 3.91. The number of carbonyl (C=O) groups is 1. The Morgan fingerprint density at radius 3 is 2.50 bits per heavy atom. The second-order valence-electron chi connectivity index (χ2n) is 10.2. The minimum Gasteiger partial charge on any atom is -0.496 e. The van der Waals surface area contributed by atoms with Crippen LogP contribution in [0.2, 0.25) is 0 Å². The Morgan fingerprint density at radius 2 is 2.03 bits per heavy atom. The van der Waals surface area contributed by atoms with Gasteiger partial charge in [0.15, 0.2) is 0 Å². The van der Waals surface area contributed by atoms with Gasteiger partial charge in [0, 0.05) is 17.5 Å². The molecule has 32 heavy (non-hydrogen) atoms. The summed E-state index contributed by atoms with van der Waals surface area (Å²) < 4.78 is 5.37. The molecule has 0 aromatic rings. The van der Waals surface area contributed by atoms with Crippen molar-refractivity contribution in [3.63, 3.8) is 0 Å². The molecule has 7 nitrogen and oxygen atoms in total. The van der Waals surface area contributed by atoms with Gasteiger partial charge < -0.3 is 20.3 Å². The number of ether oxygens (including phenoxy) is 1.